The molecule has 0 saturated carbocycles. The van der Waals surface area contributed by atoms with Gasteiger partial charge in [0.05, 0.1) is 17.1 Å². The molecule has 2 amide bonds. The Morgan fingerprint density at radius 2 is 2.04 bits per heavy atom. The molecule has 140 valence electrons. The van der Waals surface area contributed by atoms with Crippen LogP contribution in [0.3, 0.4) is 0 Å². The van der Waals surface area contributed by atoms with Crippen LogP contribution in [0.2, 0.25) is 0 Å². The molecule has 6 nitrogen and oxygen atoms in total. The average Bonchev–Trinajstić information content (AvgIpc) is 3.03. The van der Waals surface area contributed by atoms with Crippen LogP contribution >= 0.6 is 0 Å². The number of carbonyl (C=O) groups excluding carboxylic acids is 2. The van der Waals surface area contributed by atoms with Gasteiger partial charge in [0.2, 0.25) is 11.8 Å². The maximum atomic E-state index is 12.4. The van der Waals surface area contributed by atoms with E-state index in [1.54, 1.807) is 0 Å². The highest BCUT2D eigenvalue weighted by Gasteiger charge is 2.32. The van der Waals surface area contributed by atoms with Crippen LogP contribution in [0.5, 0.6) is 0 Å². The fourth-order valence-electron chi connectivity index (χ4n) is 3.59. The van der Waals surface area contributed by atoms with E-state index in [9.17, 15) is 9.59 Å². The first-order valence-corrected chi connectivity index (χ1v) is 9.22. The second-order valence-electron chi connectivity index (χ2n) is 8.35. The van der Waals surface area contributed by atoms with E-state index < -0.39 is 0 Å². The number of rotatable bonds is 5. The molecule has 1 aromatic carbocycles. The lowest BCUT2D eigenvalue weighted by Crippen LogP contribution is -2.39. The molecule has 0 bridgehead atoms. The molecule has 0 radical (unpaired) electrons. The summed E-state index contributed by atoms with van der Waals surface area (Å²) < 4.78 is 2.07. The minimum Gasteiger partial charge on any atom is -0.351 e. The molecule has 0 unspecified atom stereocenters. The minimum absolute atomic E-state index is 0.0161. The van der Waals surface area contributed by atoms with Gasteiger partial charge in [-0.05, 0) is 24.5 Å². The minimum atomic E-state index is -0.0852. The second-order valence-corrected chi connectivity index (χ2v) is 8.35. The first kappa shape index (κ1) is 18.4. The maximum Gasteiger partial charge on any atom is 0.224 e. The Kier molecular flexibility index (Phi) is 5.03. The number of hydrogen-bond acceptors (Lipinski definition) is 3. The first-order valence-electron chi connectivity index (χ1n) is 9.22. The summed E-state index contributed by atoms with van der Waals surface area (Å²) in [5.41, 5.74) is 2.06. The standard InChI is InChI=1S/C20H28N4O2/c1-14-21-16-7-5-6-8-17(16)24(14)10-9-18(25)22-15-11-19(26)23(12-15)13-20(2,3)4/h5-8,15H,9-13H2,1-4H3,(H,22,25)/t15-/m0/s1. The third-order valence-corrected chi connectivity index (χ3v) is 4.65. The number of nitrogens with zero attached hydrogens (tertiary/aromatic N) is 3. The van der Waals surface area contributed by atoms with Crippen LogP contribution in [0.25, 0.3) is 11.0 Å². The second kappa shape index (κ2) is 7.09. The Bertz CT molecular complexity index is 819. The van der Waals surface area contributed by atoms with Gasteiger partial charge < -0.3 is 14.8 Å². The molecule has 1 N–H and O–H groups in total. The summed E-state index contributed by atoms with van der Waals surface area (Å²) in [4.78, 5) is 30.9. The van der Waals surface area contributed by atoms with E-state index in [-0.39, 0.29) is 23.3 Å². The van der Waals surface area contributed by atoms with E-state index >= 15 is 0 Å². The van der Waals surface area contributed by atoms with Crippen LogP contribution in [-0.4, -0.2) is 45.4 Å². The Balaban J connectivity index is 1.55. The molecule has 1 aromatic heterocycles. The highest BCUT2D eigenvalue weighted by molar-refractivity contribution is 5.82. The topological polar surface area (TPSA) is 67.2 Å². The van der Waals surface area contributed by atoms with Gasteiger partial charge >= 0.3 is 0 Å². The summed E-state index contributed by atoms with van der Waals surface area (Å²) in [5.74, 6) is 1.02. The number of aryl methyl sites for hydroxylation is 2. The number of fused-ring (bicyclic) bond motifs is 1. The fraction of sp³-hybridized carbons (Fsp3) is 0.550. The number of nitrogens with one attached hydrogen (secondary N) is 1. The molecule has 0 aliphatic carbocycles. The summed E-state index contributed by atoms with van der Waals surface area (Å²) in [6.45, 7) is 10.2. The van der Waals surface area contributed by atoms with Crippen molar-refractivity contribution in [2.75, 3.05) is 13.1 Å². The van der Waals surface area contributed by atoms with Crippen molar-refractivity contribution in [2.24, 2.45) is 5.41 Å². The molecule has 6 heteroatoms. The van der Waals surface area contributed by atoms with E-state index in [0.717, 1.165) is 23.4 Å². The van der Waals surface area contributed by atoms with Crippen LogP contribution in [-0.2, 0) is 16.1 Å². The van der Waals surface area contributed by atoms with E-state index in [1.165, 1.54) is 0 Å². The molecule has 1 aliphatic rings. The SMILES string of the molecule is Cc1nc2ccccc2n1CCC(=O)N[C@H]1CC(=O)N(CC(C)(C)C)C1. The van der Waals surface area contributed by atoms with Gasteiger partial charge in [0.15, 0.2) is 0 Å². The lowest BCUT2D eigenvalue weighted by molar-refractivity contribution is -0.128. The van der Waals surface area contributed by atoms with Crippen LogP contribution < -0.4 is 5.32 Å². The van der Waals surface area contributed by atoms with Crippen LogP contribution in [0.4, 0.5) is 0 Å². The van der Waals surface area contributed by atoms with Crippen molar-refractivity contribution in [1.29, 1.82) is 0 Å². The molecule has 1 atom stereocenters. The van der Waals surface area contributed by atoms with Gasteiger partial charge in [-0.3, -0.25) is 9.59 Å². The molecule has 2 aromatic rings. The third-order valence-electron chi connectivity index (χ3n) is 4.65. The van der Waals surface area contributed by atoms with Crippen molar-refractivity contribution < 1.29 is 9.59 Å². The van der Waals surface area contributed by atoms with Gasteiger partial charge in [0.1, 0.15) is 5.82 Å². The number of hydrogen-bond donors (Lipinski definition) is 1. The number of aromatic nitrogens is 2. The molecule has 1 saturated heterocycles. The quantitative estimate of drug-likeness (QED) is 0.895. The van der Waals surface area contributed by atoms with Gasteiger partial charge in [-0.25, -0.2) is 4.98 Å². The highest BCUT2D eigenvalue weighted by Crippen LogP contribution is 2.20. The smallest absolute Gasteiger partial charge is 0.224 e. The van der Waals surface area contributed by atoms with Gasteiger partial charge in [-0.2, -0.15) is 0 Å². The van der Waals surface area contributed by atoms with Gasteiger partial charge in [0, 0.05) is 32.5 Å². The zero-order valence-electron chi connectivity index (χ0n) is 16.1. The maximum absolute atomic E-state index is 12.4. The van der Waals surface area contributed by atoms with E-state index in [2.05, 4.69) is 35.6 Å². The van der Waals surface area contributed by atoms with Crippen molar-refractivity contribution >= 4 is 22.8 Å². The zero-order valence-corrected chi connectivity index (χ0v) is 16.1. The molecular formula is C20H28N4O2. The molecule has 1 aliphatic heterocycles. The lowest BCUT2D eigenvalue weighted by Gasteiger charge is -2.26. The third kappa shape index (κ3) is 4.23. The summed E-state index contributed by atoms with van der Waals surface area (Å²) >= 11 is 0. The highest BCUT2D eigenvalue weighted by atomic mass is 16.2. The van der Waals surface area contributed by atoms with E-state index in [1.807, 2.05) is 36.1 Å². The van der Waals surface area contributed by atoms with Gasteiger partial charge in [-0.15, -0.1) is 0 Å². The first-order chi connectivity index (χ1) is 12.2. The predicted octanol–water partition coefficient (Wildman–Crippen LogP) is 2.50. The van der Waals surface area contributed by atoms with Gasteiger partial charge in [-0.1, -0.05) is 32.9 Å². The summed E-state index contributed by atoms with van der Waals surface area (Å²) in [6, 6.07) is 7.86. The average molecular weight is 356 g/mol. The summed E-state index contributed by atoms with van der Waals surface area (Å²) in [6.07, 6.45) is 0.778. The van der Waals surface area contributed by atoms with E-state index in [4.69, 9.17) is 0 Å². The molecular weight excluding hydrogens is 328 g/mol. The molecule has 1 fully saturated rings. The number of imidazole rings is 1. The van der Waals surface area contributed by atoms with Crippen molar-refractivity contribution in [3.05, 3.63) is 30.1 Å². The van der Waals surface area contributed by atoms with Crippen LogP contribution in [0.1, 0.15) is 39.4 Å². The Labute approximate surface area is 154 Å². The summed E-state index contributed by atoms with van der Waals surface area (Å²) in [5, 5.41) is 3.02. The number of likely N-dealkylation sites (tertiary alicyclic amines) is 1. The van der Waals surface area contributed by atoms with Crippen LogP contribution in [0.15, 0.2) is 24.3 Å². The number of para-hydroxylation sites is 2. The van der Waals surface area contributed by atoms with Crippen LogP contribution in [0, 0.1) is 12.3 Å². The molecule has 0 spiro atoms. The van der Waals surface area contributed by atoms with E-state index in [0.29, 0.717) is 25.9 Å². The monoisotopic (exact) mass is 356 g/mol. The molecule has 3 rings (SSSR count). The van der Waals surface area contributed by atoms with Crippen molar-refractivity contribution in [2.45, 2.75) is 53.1 Å². The Morgan fingerprint density at radius 1 is 1.31 bits per heavy atom. The predicted molar refractivity (Wildman–Crippen MR) is 102 cm³/mol. The number of carbonyl (C=O) groups is 2. The number of benzene rings is 1. The fourth-order valence-corrected chi connectivity index (χ4v) is 3.59. The van der Waals surface area contributed by atoms with Gasteiger partial charge in [0.25, 0.3) is 0 Å². The molecule has 26 heavy (non-hydrogen) atoms. The van der Waals surface area contributed by atoms with Crippen molar-refractivity contribution in [1.82, 2.24) is 19.8 Å². The Morgan fingerprint density at radius 3 is 2.77 bits per heavy atom. The largest absolute Gasteiger partial charge is 0.351 e. The van der Waals surface area contributed by atoms with Crippen molar-refractivity contribution in [3.8, 4) is 0 Å². The number of amides is 2. The lowest BCUT2D eigenvalue weighted by atomic mass is 9.96. The molecule has 2 heterocycles. The zero-order chi connectivity index (χ0) is 18.9. The normalized spacial score (nSPS) is 17.9. The summed E-state index contributed by atoms with van der Waals surface area (Å²) in [7, 11) is 0. The van der Waals surface area contributed by atoms with Crippen molar-refractivity contribution in [3.63, 3.8) is 0 Å². The Hall–Kier alpha value is -2.37.